The highest BCUT2D eigenvalue weighted by Crippen LogP contribution is 2.28. The Morgan fingerprint density at radius 2 is 2.18 bits per heavy atom. The molecule has 0 aromatic carbocycles. The van der Waals surface area contributed by atoms with Crippen LogP contribution in [-0.4, -0.2) is 46.0 Å². The smallest absolute Gasteiger partial charge is 0.410 e. The maximum absolute atomic E-state index is 11.9. The van der Waals surface area contributed by atoms with E-state index < -0.39 is 5.60 Å². The minimum Gasteiger partial charge on any atom is -0.444 e. The van der Waals surface area contributed by atoms with Crippen LogP contribution in [0.3, 0.4) is 0 Å². The molecule has 1 aliphatic rings. The number of amides is 1. The molecule has 0 radical (unpaired) electrons. The third-order valence-corrected chi connectivity index (χ3v) is 4.04. The van der Waals surface area contributed by atoms with Gasteiger partial charge in [0.25, 0.3) is 0 Å². The summed E-state index contributed by atoms with van der Waals surface area (Å²) < 4.78 is 5.35. The lowest BCUT2D eigenvalue weighted by molar-refractivity contribution is 0.0180. The summed E-state index contributed by atoms with van der Waals surface area (Å²) in [5.41, 5.74) is -0.434. The van der Waals surface area contributed by atoms with Gasteiger partial charge in [-0.15, -0.1) is 11.8 Å². The van der Waals surface area contributed by atoms with Gasteiger partial charge >= 0.3 is 6.09 Å². The lowest BCUT2D eigenvalue weighted by atomic mass is 10.00. The minimum atomic E-state index is -0.434. The molecular formula is C12H23NO3S. The summed E-state index contributed by atoms with van der Waals surface area (Å²) in [5, 5.41) is 9.37. The van der Waals surface area contributed by atoms with E-state index in [9.17, 15) is 4.79 Å². The number of hydrogen-bond acceptors (Lipinski definition) is 4. The second kappa shape index (κ2) is 5.96. The second-order valence-electron chi connectivity index (χ2n) is 5.53. The Bertz CT molecular complexity index is 265. The van der Waals surface area contributed by atoms with Crippen molar-refractivity contribution in [1.29, 1.82) is 0 Å². The minimum absolute atomic E-state index is 0.154. The van der Waals surface area contributed by atoms with Crippen LogP contribution in [0.2, 0.25) is 0 Å². The van der Waals surface area contributed by atoms with Gasteiger partial charge in [-0.3, -0.25) is 0 Å². The quantitative estimate of drug-likeness (QED) is 0.775. The number of thioether (sulfide) groups is 1. The first-order valence-electron chi connectivity index (χ1n) is 6.04. The molecule has 0 unspecified atom stereocenters. The van der Waals surface area contributed by atoms with Gasteiger partial charge in [-0.25, -0.2) is 4.79 Å². The third kappa shape index (κ3) is 4.76. The number of carbonyl (C=O) groups is 1. The average Bonchev–Trinajstić information content (AvgIpc) is 2.18. The largest absolute Gasteiger partial charge is 0.444 e. The first kappa shape index (κ1) is 14.6. The van der Waals surface area contributed by atoms with Crippen LogP contribution in [-0.2, 0) is 4.74 Å². The standard InChI is InChI=1S/C12H23NO3S/c1-9-7-13(6-5-10(9)17-8-14)11(15)16-12(2,3)4/h9-10,14H,5-8H2,1-4H3/t9-,10+/m1/s1. The highest BCUT2D eigenvalue weighted by molar-refractivity contribution is 7.99. The zero-order valence-electron chi connectivity index (χ0n) is 11.1. The number of ether oxygens (including phenoxy) is 1. The molecule has 1 N–H and O–H groups in total. The molecule has 1 saturated heterocycles. The zero-order valence-corrected chi connectivity index (χ0v) is 11.9. The number of nitrogens with zero attached hydrogens (tertiary/aromatic N) is 1. The first-order chi connectivity index (χ1) is 7.83. The molecule has 1 aliphatic heterocycles. The summed E-state index contributed by atoms with van der Waals surface area (Å²) in [7, 11) is 0. The summed E-state index contributed by atoms with van der Waals surface area (Å²) in [6.45, 7) is 9.18. The molecule has 1 heterocycles. The van der Waals surface area contributed by atoms with Crippen LogP contribution in [0.25, 0.3) is 0 Å². The van der Waals surface area contributed by atoms with Gasteiger partial charge < -0.3 is 14.7 Å². The number of aliphatic hydroxyl groups excluding tert-OH is 1. The Morgan fingerprint density at radius 1 is 1.53 bits per heavy atom. The Hall–Kier alpha value is -0.420. The summed E-state index contributed by atoms with van der Waals surface area (Å²) >= 11 is 1.56. The molecule has 4 nitrogen and oxygen atoms in total. The van der Waals surface area contributed by atoms with E-state index in [1.54, 1.807) is 16.7 Å². The molecule has 2 atom stereocenters. The molecule has 5 heteroatoms. The highest BCUT2D eigenvalue weighted by atomic mass is 32.2. The van der Waals surface area contributed by atoms with Crippen molar-refractivity contribution in [3.05, 3.63) is 0 Å². The number of carbonyl (C=O) groups excluding carboxylic acids is 1. The van der Waals surface area contributed by atoms with Crippen molar-refractivity contribution in [1.82, 2.24) is 4.90 Å². The molecular weight excluding hydrogens is 238 g/mol. The fraction of sp³-hybridized carbons (Fsp3) is 0.917. The summed E-state index contributed by atoms with van der Waals surface area (Å²) in [6.07, 6.45) is 0.697. The molecule has 1 fully saturated rings. The van der Waals surface area contributed by atoms with Crippen molar-refractivity contribution in [3.8, 4) is 0 Å². The second-order valence-corrected chi connectivity index (χ2v) is 6.72. The van der Waals surface area contributed by atoms with Crippen LogP contribution in [0.5, 0.6) is 0 Å². The first-order valence-corrected chi connectivity index (χ1v) is 7.08. The molecule has 0 aromatic rings. The van der Waals surface area contributed by atoms with E-state index in [2.05, 4.69) is 6.92 Å². The fourth-order valence-corrected chi connectivity index (χ4v) is 2.84. The van der Waals surface area contributed by atoms with Crippen molar-refractivity contribution in [2.45, 2.75) is 45.0 Å². The number of piperidine rings is 1. The summed E-state index contributed by atoms with van der Waals surface area (Å²) in [5.74, 6) is 0.551. The molecule has 1 amide bonds. The number of hydrogen-bond donors (Lipinski definition) is 1. The lowest BCUT2D eigenvalue weighted by Crippen LogP contribution is -2.46. The summed E-state index contributed by atoms with van der Waals surface area (Å²) in [6, 6.07) is 0. The predicted octanol–water partition coefficient (Wildman–Crippen LogP) is 2.31. The van der Waals surface area contributed by atoms with Crippen LogP contribution in [0, 0.1) is 5.92 Å². The third-order valence-electron chi connectivity index (χ3n) is 2.77. The molecule has 100 valence electrons. The SMILES string of the molecule is C[C@@H]1CN(C(=O)OC(C)(C)C)CC[C@@H]1SCO. The molecule has 0 spiro atoms. The van der Waals surface area contributed by atoms with Crippen LogP contribution >= 0.6 is 11.8 Å². The van der Waals surface area contributed by atoms with E-state index >= 15 is 0 Å². The van der Waals surface area contributed by atoms with Gasteiger partial charge in [0.15, 0.2) is 0 Å². The van der Waals surface area contributed by atoms with E-state index in [0.717, 1.165) is 13.0 Å². The van der Waals surface area contributed by atoms with Crippen molar-refractivity contribution in [2.75, 3.05) is 19.0 Å². The van der Waals surface area contributed by atoms with Crippen LogP contribution < -0.4 is 0 Å². The van der Waals surface area contributed by atoms with Gasteiger partial charge in [0.05, 0.1) is 5.94 Å². The van der Waals surface area contributed by atoms with Gasteiger partial charge in [-0.2, -0.15) is 0 Å². The number of rotatable bonds is 2. The van der Waals surface area contributed by atoms with Crippen LogP contribution in [0.15, 0.2) is 0 Å². The number of likely N-dealkylation sites (tertiary alicyclic amines) is 1. The fourth-order valence-electron chi connectivity index (χ4n) is 1.96. The molecule has 0 saturated carbocycles. The van der Waals surface area contributed by atoms with Gasteiger partial charge in [-0.05, 0) is 33.1 Å². The summed E-state index contributed by atoms with van der Waals surface area (Å²) in [4.78, 5) is 13.6. The number of aliphatic hydroxyl groups is 1. The maximum Gasteiger partial charge on any atom is 0.410 e. The molecule has 17 heavy (non-hydrogen) atoms. The topological polar surface area (TPSA) is 49.8 Å². The van der Waals surface area contributed by atoms with Gasteiger partial charge in [0.2, 0.25) is 0 Å². The van der Waals surface area contributed by atoms with E-state index in [1.807, 2.05) is 20.8 Å². The average molecular weight is 261 g/mol. The lowest BCUT2D eigenvalue weighted by Gasteiger charge is -2.37. The van der Waals surface area contributed by atoms with Gasteiger partial charge in [0.1, 0.15) is 5.60 Å². The van der Waals surface area contributed by atoms with E-state index in [4.69, 9.17) is 9.84 Å². The Morgan fingerprint density at radius 3 is 2.65 bits per heavy atom. The molecule has 0 aliphatic carbocycles. The van der Waals surface area contributed by atoms with Crippen molar-refractivity contribution >= 4 is 17.9 Å². The van der Waals surface area contributed by atoms with Crippen molar-refractivity contribution in [3.63, 3.8) is 0 Å². The van der Waals surface area contributed by atoms with E-state index in [-0.39, 0.29) is 12.0 Å². The van der Waals surface area contributed by atoms with Crippen LogP contribution in [0.4, 0.5) is 4.79 Å². The van der Waals surface area contributed by atoms with Crippen molar-refractivity contribution in [2.24, 2.45) is 5.92 Å². The van der Waals surface area contributed by atoms with Gasteiger partial charge in [-0.1, -0.05) is 6.92 Å². The van der Waals surface area contributed by atoms with Crippen LogP contribution in [0.1, 0.15) is 34.1 Å². The monoisotopic (exact) mass is 261 g/mol. The van der Waals surface area contributed by atoms with Crippen molar-refractivity contribution < 1.29 is 14.6 Å². The molecule has 0 aromatic heterocycles. The Balaban J connectivity index is 2.46. The molecule has 1 rings (SSSR count). The normalized spacial score (nSPS) is 25.8. The maximum atomic E-state index is 11.9. The van der Waals surface area contributed by atoms with E-state index in [0.29, 0.717) is 17.7 Å². The highest BCUT2D eigenvalue weighted by Gasteiger charge is 2.31. The molecule has 0 bridgehead atoms. The Kier molecular flexibility index (Phi) is 5.13. The Labute approximate surface area is 108 Å². The van der Waals surface area contributed by atoms with E-state index in [1.165, 1.54) is 0 Å². The predicted molar refractivity (Wildman–Crippen MR) is 70.1 cm³/mol. The van der Waals surface area contributed by atoms with Gasteiger partial charge in [0, 0.05) is 18.3 Å². The zero-order chi connectivity index (χ0) is 13.1.